The molecule has 1 aromatic carbocycles. The summed E-state index contributed by atoms with van der Waals surface area (Å²) in [6.07, 6.45) is 11.2. The highest BCUT2D eigenvalue weighted by molar-refractivity contribution is 5.18. The summed E-state index contributed by atoms with van der Waals surface area (Å²) in [5.74, 6) is 0.729. The van der Waals surface area contributed by atoms with Crippen molar-refractivity contribution in [1.82, 2.24) is 0 Å². The van der Waals surface area contributed by atoms with E-state index < -0.39 is 0 Å². The molecule has 96 valence electrons. The summed E-state index contributed by atoms with van der Waals surface area (Å²) < 4.78 is 0. The predicted octanol–water partition coefficient (Wildman–Crippen LogP) is 5.93. The van der Waals surface area contributed by atoms with E-state index in [1.54, 1.807) is 0 Å². The summed E-state index contributed by atoms with van der Waals surface area (Å²) in [5.41, 5.74) is 1.50. The van der Waals surface area contributed by atoms with E-state index in [0.717, 1.165) is 5.92 Å². The van der Waals surface area contributed by atoms with E-state index in [1.165, 1.54) is 56.9 Å². The van der Waals surface area contributed by atoms with Gasteiger partial charge in [-0.2, -0.15) is 0 Å². The average Bonchev–Trinajstić information content (AvgIpc) is 2.38. The van der Waals surface area contributed by atoms with Crippen molar-refractivity contribution in [2.75, 3.05) is 0 Å². The molecule has 17 heavy (non-hydrogen) atoms. The van der Waals surface area contributed by atoms with E-state index in [9.17, 15) is 0 Å². The minimum atomic E-state index is 0.729. The van der Waals surface area contributed by atoms with Crippen LogP contribution in [0.4, 0.5) is 0 Å². The Morgan fingerprint density at radius 3 is 2.06 bits per heavy atom. The third-order valence-electron chi connectivity index (χ3n) is 3.61. The summed E-state index contributed by atoms with van der Waals surface area (Å²) in [4.78, 5) is 0. The van der Waals surface area contributed by atoms with Crippen molar-refractivity contribution < 1.29 is 0 Å². The van der Waals surface area contributed by atoms with Crippen LogP contribution in [0.3, 0.4) is 0 Å². The molecule has 0 aliphatic carbocycles. The fourth-order valence-corrected chi connectivity index (χ4v) is 2.36. The maximum Gasteiger partial charge on any atom is -0.0190 e. The van der Waals surface area contributed by atoms with Crippen molar-refractivity contribution in [1.29, 1.82) is 0 Å². The molecule has 0 fully saturated rings. The standard InChI is InChI=1S/C17H28/c1-3-4-5-6-7-8-10-13-16(2)17-14-11-9-12-15-17/h9,11-12,14-16H,3-8,10,13H2,1-2H3. The fraction of sp³-hybridized carbons (Fsp3) is 0.647. The molecule has 0 bridgehead atoms. The van der Waals surface area contributed by atoms with Crippen LogP contribution in [0.25, 0.3) is 0 Å². The lowest BCUT2D eigenvalue weighted by atomic mass is 9.95. The molecule has 0 spiro atoms. The van der Waals surface area contributed by atoms with Gasteiger partial charge in [0.25, 0.3) is 0 Å². The number of hydrogen-bond donors (Lipinski definition) is 0. The Morgan fingerprint density at radius 1 is 0.824 bits per heavy atom. The van der Waals surface area contributed by atoms with E-state index in [1.807, 2.05) is 0 Å². The molecule has 0 saturated carbocycles. The fourth-order valence-electron chi connectivity index (χ4n) is 2.36. The maximum atomic E-state index is 2.35. The Hall–Kier alpha value is -0.780. The summed E-state index contributed by atoms with van der Waals surface area (Å²) in [6, 6.07) is 10.9. The van der Waals surface area contributed by atoms with Gasteiger partial charge in [0.2, 0.25) is 0 Å². The van der Waals surface area contributed by atoms with Crippen LogP contribution in [0.15, 0.2) is 30.3 Å². The smallest absolute Gasteiger partial charge is 0.0190 e. The van der Waals surface area contributed by atoms with Crippen molar-refractivity contribution in [3.8, 4) is 0 Å². The Kier molecular flexibility index (Phi) is 7.79. The van der Waals surface area contributed by atoms with Gasteiger partial charge in [-0.15, -0.1) is 0 Å². The lowest BCUT2D eigenvalue weighted by Gasteiger charge is -2.11. The molecule has 0 heterocycles. The lowest BCUT2D eigenvalue weighted by molar-refractivity contribution is 0.549. The Morgan fingerprint density at radius 2 is 1.41 bits per heavy atom. The van der Waals surface area contributed by atoms with Gasteiger partial charge in [0.05, 0.1) is 0 Å². The topological polar surface area (TPSA) is 0 Å². The molecule has 0 aliphatic heterocycles. The first kappa shape index (κ1) is 14.3. The molecule has 0 N–H and O–H groups in total. The molecular formula is C17H28. The van der Waals surface area contributed by atoms with Gasteiger partial charge >= 0.3 is 0 Å². The molecule has 1 aromatic rings. The van der Waals surface area contributed by atoms with Gasteiger partial charge in [0.1, 0.15) is 0 Å². The highest BCUT2D eigenvalue weighted by atomic mass is 14.1. The molecule has 0 radical (unpaired) electrons. The quantitative estimate of drug-likeness (QED) is 0.463. The van der Waals surface area contributed by atoms with Crippen LogP contribution in [-0.4, -0.2) is 0 Å². The van der Waals surface area contributed by atoms with E-state index in [-0.39, 0.29) is 0 Å². The van der Waals surface area contributed by atoms with Crippen LogP contribution in [0, 0.1) is 0 Å². The molecular weight excluding hydrogens is 204 g/mol. The van der Waals surface area contributed by atoms with E-state index >= 15 is 0 Å². The zero-order valence-electron chi connectivity index (χ0n) is 11.6. The molecule has 0 aromatic heterocycles. The number of unbranched alkanes of at least 4 members (excludes halogenated alkanes) is 6. The molecule has 1 atom stereocenters. The van der Waals surface area contributed by atoms with Crippen LogP contribution in [0.5, 0.6) is 0 Å². The molecule has 1 rings (SSSR count). The largest absolute Gasteiger partial charge is 0.0654 e. The SMILES string of the molecule is CCCCCCCCCC(C)c1ccccc1. The molecule has 1 unspecified atom stereocenters. The third-order valence-corrected chi connectivity index (χ3v) is 3.61. The number of hydrogen-bond acceptors (Lipinski definition) is 0. The number of rotatable bonds is 9. The monoisotopic (exact) mass is 232 g/mol. The van der Waals surface area contributed by atoms with Crippen LogP contribution in [-0.2, 0) is 0 Å². The second-order valence-electron chi connectivity index (χ2n) is 5.22. The summed E-state index contributed by atoms with van der Waals surface area (Å²) in [5, 5.41) is 0. The van der Waals surface area contributed by atoms with Crippen LogP contribution < -0.4 is 0 Å². The van der Waals surface area contributed by atoms with Gasteiger partial charge in [0, 0.05) is 0 Å². The second kappa shape index (κ2) is 9.27. The number of benzene rings is 1. The maximum absolute atomic E-state index is 2.35. The first-order valence-electron chi connectivity index (χ1n) is 7.39. The molecule has 0 saturated heterocycles. The van der Waals surface area contributed by atoms with Crippen molar-refractivity contribution in [3.05, 3.63) is 35.9 Å². The normalized spacial score (nSPS) is 12.6. The lowest BCUT2D eigenvalue weighted by Crippen LogP contribution is -1.93. The molecule has 0 nitrogen and oxygen atoms in total. The van der Waals surface area contributed by atoms with Gasteiger partial charge in [0.15, 0.2) is 0 Å². The van der Waals surface area contributed by atoms with Crippen molar-refractivity contribution in [2.45, 2.75) is 71.1 Å². The Balaban J connectivity index is 2.03. The summed E-state index contributed by atoms with van der Waals surface area (Å²) >= 11 is 0. The van der Waals surface area contributed by atoms with Crippen LogP contribution in [0.2, 0.25) is 0 Å². The van der Waals surface area contributed by atoms with E-state index in [4.69, 9.17) is 0 Å². The molecule has 0 amide bonds. The van der Waals surface area contributed by atoms with Gasteiger partial charge in [-0.05, 0) is 17.9 Å². The van der Waals surface area contributed by atoms with Crippen molar-refractivity contribution in [2.24, 2.45) is 0 Å². The first-order valence-corrected chi connectivity index (χ1v) is 7.39. The predicted molar refractivity (Wildman–Crippen MR) is 77.5 cm³/mol. The minimum Gasteiger partial charge on any atom is -0.0654 e. The van der Waals surface area contributed by atoms with Crippen molar-refractivity contribution in [3.63, 3.8) is 0 Å². The average molecular weight is 232 g/mol. The zero-order valence-corrected chi connectivity index (χ0v) is 11.6. The molecule has 0 aliphatic rings. The molecule has 0 heteroatoms. The third kappa shape index (κ3) is 6.51. The van der Waals surface area contributed by atoms with E-state index in [0.29, 0.717) is 0 Å². The van der Waals surface area contributed by atoms with Gasteiger partial charge in [-0.3, -0.25) is 0 Å². The highest BCUT2D eigenvalue weighted by Gasteiger charge is 2.03. The first-order chi connectivity index (χ1) is 8.34. The Labute approximate surface area is 107 Å². The van der Waals surface area contributed by atoms with E-state index in [2.05, 4.69) is 44.2 Å². The van der Waals surface area contributed by atoms with Crippen LogP contribution in [0.1, 0.15) is 76.7 Å². The van der Waals surface area contributed by atoms with Gasteiger partial charge in [-0.25, -0.2) is 0 Å². The van der Waals surface area contributed by atoms with Gasteiger partial charge < -0.3 is 0 Å². The summed E-state index contributed by atoms with van der Waals surface area (Å²) in [7, 11) is 0. The Bertz CT molecular complexity index is 263. The van der Waals surface area contributed by atoms with Gasteiger partial charge in [-0.1, -0.05) is 89.1 Å². The zero-order chi connectivity index (χ0) is 12.3. The summed E-state index contributed by atoms with van der Waals surface area (Å²) in [6.45, 7) is 4.63. The van der Waals surface area contributed by atoms with Crippen LogP contribution >= 0.6 is 0 Å². The second-order valence-corrected chi connectivity index (χ2v) is 5.22. The highest BCUT2D eigenvalue weighted by Crippen LogP contribution is 2.21. The van der Waals surface area contributed by atoms with Crippen molar-refractivity contribution >= 4 is 0 Å². The minimum absolute atomic E-state index is 0.729.